The van der Waals surface area contributed by atoms with Crippen molar-refractivity contribution in [2.24, 2.45) is 0 Å². The second-order valence-electron chi connectivity index (χ2n) is 8.26. The summed E-state index contributed by atoms with van der Waals surface area (Å²) in [6, 6.07) is 13.4. The first kappa shape index (κ1) is 20.3. The predicted octanol–water partition coefficient (Wildman–Crippen LogP) is 3.01. The first-order valence-electron chi connectivity index (χ1n) is 10.8. The number of benzene rings is 2. The van der Waals surface area contributed by atoms with Crippen molar-refractivity contribution in [2.75, 3.05) is 0 Å². The van der Waals surface area contributed by atoms with Crippen LogP contribution in [-0.2, 0) is 6.54 Å². The minimum atomic E-state index is -0.604. The summed E-state index contributed by atoms with van der Waals surface area (Å²) < 4.78 is 18.4. The minimum absolute atomic E-state index is 0.152. The highest BCUT2D eigenvalue weighted by atomic mass is 19.1. The molecular formula is C24H18FN7O2. The molecular weight excluding hydrogens is 437 g/mol. The highest BCUT2D eigenvalue weighted by Gasteiger charge is 2.31. The molecule has 3 aromatic heterocycles. The van der Waals surface area contributed by atoms with E-state index in [0.29, 0.717) is 35.0 Å². The summed E-state index contributed by atoms with van der Waals surface area (Å²) in [5.74, 6) is -0.183. The predicted molar refractivity (Wildman–Crippen MR) is 121 cm³/mol. The van der Waals surface area contributed by atoms with Crippen LogP contribution >= 0.6 is 0 Å². The molecule has 2 atom stereocenters. The van der Waals surface area contributed by atoms with E-state index in [1.54, 1.807) is 15.2 Å². The van der Waals surface area contributed by atoms with E-state index < -0.39 is 11.9 Å². The van der Waals surface area contributed by atoms with Crippen molar-refractivity contribution >= 4 is 22.2 Å². The van der Waals surface area contributed by atoms with E-state index in [4.69, 9.17) is 0 Å². The molecule has 1 aliphatic rings. The van der Waals surface area contributed by atoms with Crippen LogP contribution in [0.15, 0.2) is 59.8 Å². The minimum Gasteiger partial charge on any atom is -0.388 e. The van der Waals surface area contributed by atoms with Gasteiger partial charge in [-0.3, -0.25) is 13.7 Å². The number of aliphatic hydroxyl groups is 1. The Kier molecular flexibility index (Phi) is 4.53. The van der Waals surface area contributed by atoms with E-state index in [9.17, 15) is 19.6 Å². The van der Waals surface area contributed by atoms with Crippen LogP contribution in [0.3, 0.4) is 0 Å². The Hall–Kier alpha value is -4.36. The Morgan fingerprint density at radius 3 is 2.76 bits per heavy atom. The van der Waals surface area contributed by atoms with Gasteiger partial charge in [-0.2, -0.15) is 10.2 Å². The summed E-state index contributed by atoms with van der Waals surface area (Å²) in [5.41, 5.74) is 3.11. The van der Waals surface area contributed by atoms with Crippen LogP contribution in [0, 0.1) is 17.1 Å². The lowest BCUT2D eigenvalue weighted by atomic mass is 9.85. The summed E-state index contributed by atoms with van der Waals surface area (Å²) in [6.07, 6.45) is 3.42. The van der Waals surface area contributed by atoms with Gasteiger partial charge in [0, 0.05) is 6.07 Å². The molecule has 0 bridgehead atoms. The number of hydrogen-bond donors (Lipinski definition) is 1. The molecule has 0 radical (unpaired) electrons. The van der Waals surface area contributed by atoms with Gasteiger partial charge in [-0.05, 0) is 36.1 Å². The van der Waals surface area contributed by atoms with Crippen LogP contribution in [-0.4, -0.2) is 33.8 Å². The fraction of sp³-hybridized carbons (Fsp3) is 0.208. The van der Waals surface area contributed by atoms with Gasteiger partial charge in [0.2, 0.25) is 5.95 Å². The number of halogens is 1. The third kappa shape index (κ3) is 2.94. The molecule has 0 saturated carbocycles. The summed E-state index contributed by atoms with van der Waals surface area (Å²) in [6.45, 7) is -0.152. The van der Waals surface area contributed by atoms with Crippen LogP contribution < -0.4 is 5.69 Å². The van der Waals surface area contributed by atoms with Gasteiger partial charge >= 0.3 is 5.69 Å². The van der Waals surface area contributed by atoms with Gasteiger partial charge in [0.25, 0.3) is 0 Å². The van der Waals surface area contributed by atoms with Crippen LogP contribution in [0.2, 0.25) is 0 Å². The fourth-order valence-electron chi connectivity index (χ4n) is 4.82. The van der Waals surface area contributed by atoms with Crippen molar-refractivity contribution in [1.29, 1.82) is 5.26 Å². The van der Waals surface area contributed by atoms with Crippen LogP contribution in [0.5, 0.6) is 0 Å². The van der Waals surface area contributed by atoms with Crippen molar-refractivity contribution in [3.05, 3.63) is 82.4 Å². The molecule has 34 heavy (non-hydrogen) atoms. The Morgan fingerprint density at radius 2 is 1.94 bits per heavy atom. The lowest BCUT2D eigenvalue weighted by Crippen LogP contribution is -2.30. The van der Waals surface area contributed by atoms with Crippen LogP contribution in [0.4, 0.5) is 4.39 Å². The number of hydrogen-bond acceptors (Lipinski definition) is 6. The molecule has 1 unspecified atom stereocenters. The van der Waals surface area contributed by atoms with Gasteiger partial charge in [-0.25, -0.2) is 19.2 Å². The molecule has 6 rings (SSSR count). The third-order valence-corrected chi connectivity index (χ3v) is 6.39. The summed E-state index contributed by atoms with van der Waals surface area (Å²) in [7, 11) is 0. The van der Waals surface area contributed by atoms with E-state index >= 15 is 0 Å². The Labute approximate surface area is 192 Å². The number of rotatable bonds is 3. The number of nitriles is 1. The number of fused-ring (bicyclic) bond motifs is 3. The Bertz CT molecular complexity index is 1680. The van der Waals surface area contributed by atoms with Crippen molar-refractivity contribution in [3.63, 3.8) is 0 Å². The molecule has 0 spiro atoms. The van der Waals surface area contributed by atoms with Crippen molar-refractivity contribution in [2.45, 2.75) is 31.5 Å². The van der Waals surface area contributed by atoms with Gasteiger partial charge in [0.1, 0.15) is 24.2 Å². The first-order valence-corrected chi connectivity index (χ1v) is 10.8. The van der Waals surface area contributed by atoms with Gasteiger partial charge in [-0.1, -0.05) is 24.3 Å². The highest BCUT2D eigenvalue weighted by molar-refractivity contribution is 5.78. The fourth-order valence-corrected chi connectivity index (χ4v) is 4.82. The van der Waals surface area contributed by atoms with Gasteiger partial charge < -0.3 is 5.11 Å². The van der Waals surface area contributed by atoms with Crippen LogP contribution in [0.1, 0.15) is 36.1 Å². The quantitative estimate of drug-likeness (QED) is 0.447. The van der Waals surface area contributed by atoms with Crippen molar-refractivity contribution < 1.29 is 9.50 Å². The molecule has 10 heteroatoms. The molecule has 0 amide bonds. The standard InChI is InChI=1S/C24H18FN7O2/c25-14-5-6-17-19(11-14)31(13-28-17)23-27-12-20-22(29-23)32(24(34)30(20)10-9-26)18-7-8-21(33)16-4-2-1-3-15(16)18/h1-6,11-13,18,21,33H,7-8,10H2/t18?,21-/m1/s1. The van der Waals surface area contributed by atoms with Crippen LogP contribution in [0.25, 0.3) is 28.1 Å². The second kappa shape index (κ2) is 7.60. The maximum atomic E-state index is 13.9. The zero-order valence-electron chi connectivity index (χ0n) is 17.8. The molecule has 0 saturated heterocycles. The van der Waals surface area contributed by atoms with E-state index in [1.807, 2.05) is 30.3 Å². The first-order chi connectivity index (χ1) is 16.6. The monoisotopic (exact) mass is 455 g/mol. The molecule has 9 nitrogen and oxygen atoms in total. The summed E-state index contributed by atoms with van der Waals surface area (Å²) in [4.78, 5) is 26.9. The molecule has 0 aliphatic heterocycles. The Balaban J connectivity index is 1.61. The summed E-state index contributed by atoms with van der Waals surface area (Å²) in [5, 5.41) is 19.8. The lowest BCUT2D eigenvalue weighted by molar-refractivity contribution is 0.147. The molecule has 168 valence electrons. The van der Waals surface area contributed by atoms with Gasteiger partial charge in [-0.15, -0.1) is 0 Å². The number of imidazole rings is 2. The lowest BCUT2D eigenvalue weighted by Gasteiger charge is -2.29. The molecule has 1 N–H and O–H groups in total. The third-order valence-electron chi connectivity index (χ3n) is 6.39. The molecule has 1 aliphatic carbocycles. The molecule has 2 aromatic carbocycles. The smallest absolute Gasteiger partial charge is 0.331 e. The number of aliphatic hydroxyl groups excluding tert-OH is 1. The molecule has 3 heterocycles. The number of nitrogens with zero attached hydrogens (tertiary/aromatic N) is 7. The van der Waals surface area contributed by atoms with Crippen molar-refractivity contribution in [3.8, 4) is 12.0 Å². The molecule has 0 fully saturated rings. The zero-order valence-corrected chi connectivity index (χ0v) is 17.8. The van der Waals surface area contributed by atoms with Gasteiger partial charge in [0.15, 0.2) is 5.65 Å². The largest absolute Gasteiger partial charge is 0.388 e. The average molecular weight is 455 g/mol. The maximum absolute atomic E-state index is 13.9. The topological polar surface area (TPSA) is 115 Å². The SMILES string of the molecule is N#CCn1c(=O)n(C2CC[C@@H](O)c3ccccc32)c2nc(-n3cnc4ccc(F)cc43)ncc21. The highest BCUT2D eigenvalue weighted by Crippen LogP contribution is 2.38. The molecule has 5 aromatic rings. The number of aromatic nitrogens is 6. The van der Waals surface area contributed by atoms with Crippen molar-refractivity contribution in [1.82, 2.24) is 28.7 Å². The normalized spacial score (nSPS) is 17.7. The van der Waals surface area contributed by atoms with Gasteiger partial charge in [0.05, 0.1) is 35.4 Å². The van der Waals surface area contributed by atoms with E-state index in [-0.39, 0.29) is 24.2 Å². The maximum Gasteiger partial charge on any atom is 0.331 e. The Morgan fingerprint density at radius 1 is 1.12 bits per heavy atom. The van der Waals surface area contributed by atoms with E-state index in [0.717, 1.165) is 11.1 Å². The van der Waals surface area contributed by atoms with E-state index in [1.165, 1.54) is 29.2 Å². The van der Waals surface area contributed by atoms with E-state index in [2.05, 4.69) is 15.0 Å². The average Bonchev–Trinajstić information content (AvgIpc) is 3.38. The summed E-state index contributed by atoms with van der Waals surface area (Å²) >= 11 is 0. The second-order valence-corrected chi connectivity index (χ2v) is 8.26. The zero-order chi connectivity index (χ0) is 23.4.